The van der Waals surface area contributed by atoms with Crippen LogP contribution in [0.25, 0.3) is 0 Å². The number of methoxy groups -OCH3 is 1. The second kappa shape index (κ2) is 9.61. The smallest absolute Gasteiger partial charge is 0.326 e. The fourth-order valence-corrected chi connectivity index (χ4v) is 1.75. The molecule has 19 heavy (non-hydrogen) atoms. The molecule has 0 aromatic heterocycles. The van der Waals surface area contributed by atoms with Crippen molar-refractivity contribution < 1.29 is 19.4 Å². The third-order valence-corrected chi connectivity index (χ3v) is 3.13. The average molecular weight is 274 g/mol. The van der Waals surface area contributed by atoms with Gasteiger partial charge in [-0.1, -0.05) is 13.3 Å². The first-order valence-electron chi connectivity index (χ1n) is 6.69. The molecule has 0 aromatic carbocycles. The molecule has 0 aliphatic heterocycles. The van der Waals surface area contributed by atoms with Crippen LogP contribution in [0.1, 0.15) is 39.5 Å². The lowest BCUT2D eigenvalue weighted by atomic mass is 10.1. The number of urea groups is 1. The van der Waals surface area contributed by atoms with Crippen molar-refractivity contribution in [3.63, 3.8) is 0 Å². The maximum Gasteiger partial charge on any atom is 0.326 e. The van der Waals surface area contributed by atoms with E-state index in [2.05, 4.69) is 5.32 Å². The first-order chi connectivity index (χ1) is 8.93. The molecule has 0 heterocycles. The van der Waals surface area contributed by atoms with Gasteiger partial charge in [0.2, 0.25) is 0 Å². The molecule has 0 radical (unpaired) electrons. The summed E-state index contributed by atoms with van der Waals surface area (Å²) in [5, 5.41) is 11.6. The molecule has 2 unspecified atom stereocenters. The molecular weight excluding hydrogens is 248 g/mol. The Balaban J connectivity index is 4.33. The summed E-state index contributed by atoms with van der Waals surface area (Å²) in [5.41, 5.74) is 0. The summed E-state index contributed by atoms with van der Waals surface area (Å²) < 4.78 is 4.88. The Hall–Kier alpha value is -1.30. The van der Waals surface area contributed by atoms with Crippen LogP contribution in [0.4, 0.5) is 4.79 Å². The lowest BCUT2D eigenvalue weighted by Gasteiger charge is -2.26. The monoisotopic (exact) mass is 274 g/mol. The maximum atomic E-state index is 11.9. The highest BCUT2D eigenvalue weighted by Gasteiger charge is 2.23. The van der Waals surface area contributed by atoms with Crippen LogP contribution in [0.5, 0.6) is 0 Å². The van der Waals surface area contributed by atoms with Crippen LogP contribution < -0.4 is 5.32 Å². The van der Waals surface area contributed by atoms with Crippen LogP contribution in [0.15, 0.2) is 0 Å². The lowest BCUT2D eigenvalue weighted by molar-refractivity contribution is -0.139. The van der Waals surface area contributed by atoms with Gasteiger partial charge in [0, 0.05) is 26.8 Å². The van der Waals surface area contributed by atoms with Gasteiger partial charge in [0.1, 0.15) is 6.04 Å². The van der Waals surface area contributed by atoms with Gasteiger partial charge in [-0.3, -0.25) is 0 Å². The summed E-state index contributed by atoms with van der Waals surface area (Å²) >= 11 is 0. The molecule has 6 nitrogen and oxygen atoms in total. The van der Waals surface area contributed by atoms with Gasteiger partial charge in [0.15, 0.2) is 0 Å². The van der Waals surface area contributed by atoms with Gasteiger partial charge in [0.05, 0.1) is 0 Å². The van der Waals surface area contributed by atoms with Crippen molar-refractivity contribution in [3.05, 3.63) is 0 Å². The second-order valence-electron chi connectivity index (χ2n) is 4.72. The first-order valence-corrected chi connectivity index (χ1v) is 6.69. The summed E-state index contributed by atoms with van der Waals surface area (Å²) in [4.78, 5) is 24.6. The van der Waals surface area contributed by atoms with Crippen molar-refractivity contribution in [1.29, 1.82) is 0 Å². The maximum absolute atomic E-state index is 11.9. The molecule has 112 valence electrons. The number of carboxylic acids is 1. The molecule has 0 fully saturated rings. The van der Waals surface area contributed by atoms with Crippen LogP contribution >= 0.6 is 0 Å². The van der Waals surface area contributed by atoms with Crippen LogP contribution in [0, 0.1) is 0 Å². The Morgan fingerprint density at radius 1 is 1.37 bits per heavy atom. The third kappa shape index (κ3) is 7.00. The highest BCUT2D eigenvalue weighted by atomic mass is 16.5. The molecule has 0 rings (SSSR count). The molecule has 2 N–H and O–H groups in total. The molecule has 2 atom stereocenters. The summed E-state index contributed by atoms with van der Waals surface area (Å²) in [5.74, 6) is -1.01. The Bertz CT molecular complexity index is 284. The number of rotatable bonds is 9. The van der Waals surface area contributed by atoms with Gasteiger partial charge in [-0.05, 0) is 26.2 Å². The van der Waals surface area contributed by atoms with Crippen LogP contribution in [-0.4, -0.2) is 54.9 Å². The molecule has 0 saturated carbocycles. The Morgan fingerprint density at radius 2 is 2.00 bits per heavy atom. The highest BCUT2D eigenvalue weighted by Crippen LogP contribution is 2.06. The average Bonchev–Trinajstić information content (AvgIpc) is 2.36. The summed E-state index contributed by atoms with van der Waals surface area (Å²) in [6, 6.07) is -1.11. The topological polar surface area (TPSA) is 78.9 Å². The van der Waals surface area contributed by atoms with E-state index in [4.69, 9.17) is 9.84 Å². The first kappa shape index (κ1) is 17.7. The zero-order valence-corrected chi connectivity index (χ0v) is 12.3. The van der Waals surface area contributed by atoms with Crippen molar-refractivity contribution in [3.8, 4) is 0 Å². The number of hydrogen-bond donors (Lipinski definition) is 2. The number of carbonyl (C=O) groups excluding carboxylic acids is 1. The van der Waals surface area contributed by atoms with Gasteiger partial charge in [-0.25, -0.2) is 9.59 Å². The molecule has 0 bridgehead atoms. The van der Waals surface area contributed by atoms with Crippen molar-refractivity contribution >= 4 is 12.0 Å². The van der Waals surface area contributed by atoms with Crippen molar-refractivity contribution in [2.75, 3.05) is 20.8 Å². The van der Waals surface area contributed by atoms with Gasteiger partial charge in [0.25, 0.3) is 0 Å². The van der Waals surface area contributed by atoms with E-state index < -0.39 is 12.0 Å². The SMILES string of the molecule is CCCC(C)N(C)C(=O)NC(CCCOC)C(=O)O. The summed E-state index contributed by atoms with van der Waals surface area (Å²) in [6.07, 6.45) is 2.84. The van der Waals surface area contributed by atoms with Crippen LogP contribution in [-0.2, 0) is 9.53 Å². The van der Waals surface area contributed by atoms with Crippen LogP contribution in [0.2, 0.25) is 0 Å². The molecule has 6 heteroatoms. The molecule has 0 aromatic rings. The minimum Gasteiger partial charge on any atom is -0.480 e. The fraction of sp³-hybridized carbons (Fsp3) is 0.846. The quantitative estimate of drug-likeness (QED) is 0.627. The predicted molar refractivity (Wildman–Crippen MR) is 73.2 cm³/mol. The Morgan fingerprint density at radius 3 is 2.47 bits per heavy atom. The van der Waals surface area contributed by atoms with E-state index in [0.717, 1.165) is 12.8 Å². The van der Waals surface area contributed by atoms with Crippen molar-refractivity contribution in [1.82, 2.24) is 10.2 Å². The standard InChI is InChI=1S/C13H26N2O4/c1-5-7-10(2)15(3)13(18)14-11(12(16)17)8-6-9-19-4/h10-11H,5-9H2,1-4H3,(H,14,18)(H,16,17). The zero-order valence-electron chi connectivity index (χ0n) is 12.3. The van der Waals surface area contributed by atoms with Gasteiger partial charge >= 0.3 is 12.0 Å². The Kier molecular flexibility index (Phi) is 8.95. The van der Waals surface area contributed by atoms with Crippen molar-refractivity contribution in [2.24, 2.45) is 0 Å². The number of amides is 2. The Labute approximate surface area is 115 Å². The predicted octanol–water partition coefficient (Wildman–Crippen LogP) is 1.70. The van der Waals surface area contributed by atoms with E-state index in [1.54, 1.807) is 19.1 Å². The molecule has 0 aliphatic rings. The number of carboxylic acid groups (broad SMARTS) is 1. The summed E-state index contributed by atoms with van der Waals surface area (Å²) in [6.45, 7) is 4.48. The number of nitrogens with one attached hydrogen (secondary N) is 1. The molecule has 0 saturated heterocycles. The number of nitrogens with zero attached hydrogens (tertiary/aromatic N) is 1. The lowest BCUT2D eigenvalue weighted by Crippen LogP contribution is -2.49. The van der Waals surface area contributed by atoms with E-state index in [1.807, 2.05) is 13.8 Å². The third-order valence-electron chi connectivity index (χ3n) is 3.13. The van der Waals surface area contributed by atoms with E-state index in [1.165, 1.54) is 0 Å². The molecule has 2 amide bonds. The van der Waals surface area contributed by atoms with E-state index >= 15 is 0 Å². The van der Waals surface area contributed by atoms with Crippen molar-refractivity contribution in [2.45, 2.75) is 51.6 Å². The highest BCUT2D eigenvalue weighted by molar-refractivity contribution is 5.82. The van der Waals surface area contributed by atoms with Gasteiger partial charge < -0.3 is 20.1 Å². The number of hydrogen-bond acceptors (Lipinski definition) is 3. The minimum atomic E-state index is -1.01. The molecule has 0 spiro atoms. The second-order valence-corrected chi connectivity index (χ2v) is 4.72. The minimum absolute atomic E-state index is 0.0958. The van der Waals surface area contributed by atoms with E-state index in [9.17, 15) is 9.59 Å². The van der Waals surface area contributed by atoms with Gasteiger partial charge in [-0.15, -0.1) is 0 Å². The molecule has 0 aliphatic carbocycles. The molecular formula is C13H26N2O4. The van der Waals surface area contributed by atoms with Gasteiger partial charge in [-0.2, -0.15) is 0 Å². The number of aliphatic carboxylic acids is 1. The zero-order chi connectivity index (χ0) is 14.8. The van der Waals surface area contributed by atoms with E-state index in [0.29, 0.717) is 19.4 Å². The normalized spacial score (nSPS) is 13.7. The van der Waals surface area contributed by atoms with E-state index in [-0.39, 0.29) is 12.1 Å². The number of carbonyl (C=O) groups is 2. The summed E-state index contributed by atoms with van der Waals surface area (Å²) in [7, 11) is 3.25. The fourth-order valence-electron chi connectivity index (χ4n) is 1.75. The van der Waals surface area contributed by atoms with Crippen LogP contribution in [0.3, 0.4) is 0 Å². The number of ether oxygens (including phenoxy) is 1. The largest absolute Gasteiger partial charge is 0.480 e.